The quantitative estimate of drug-likeness (QED) is 0.0195. The normalized spacial score (nSPS) is 14.1. The summed E-state index contributed by atoms with van der Waals surface area (Å²) in [4.78, 5) is 37.7. The molecule has 62 heavy (non-hydrogen) atoms. The minimum Gasteiger partial charge on any atom is -0.756 e. The van der Waals surface area contributed by atoms with Gasteiger partial charge in [0, 0.05) is 12.8 Å². The van der Waals surface area contributed by atoms with Crippen molar-refractivity contribution >= 4 is 19.8 Å². The highest BCUT2D eigenvalue weighted by atomic mass is 31.2. The van der Waals surface area contributed by atoms with E-state index in [-0.39, 0.29) is 26.1 Å². The smallest absolute Gasteiger partial charge is 0.306 e. The largest absolute Gasteiger partial charge is 0.756 e. The van der Waals surface area contributed by atoms with Crippen molar-refractivity contribution in [2.45, 2.75) is 200 Å². The van der Waals surface area contributed by atoms with E-state index in [1.54, 1.807) is 0 Å². The molecular weight excluding hydrogens is 798 g/mol. The Balaban J connectivity index is 4.35. The average Bonchev–Trinajstić information content (AvgIpc) is 3.23. The molecule has 10 heteroatoms. The summed E-state index contributed by atoms with van der Waals surface area (Å²) in [5, 5.41) is 0. The monoisotopic (exact) mass is 890 g/mol. The van der Waals surface area contributed by atoms with E-state index in [2.05, 4.69) is 86.8 Å². The van der Waals surface area contributed by atoms with E-state index in [0.29, 0.717) is 17.4 Å². The second-order valence-electron chi connectivity index (χ2n) is 17.4. The number of hydrogen-bond acceptors (Lipinski definition) is 8. The molecule has 0 radical (unpaired) electrons. The number of esters is 2. The fourth-order valence-electron chi connectivity index (χ4n) is 6.38. The van der Waals surface area contributed by atoms with E-state index in [1.807, 2.05) is 21.1 Å². The van der Waals surface area contributed by atoms with Crippen molar-refractivity contribution in [1.29, 1.82) is 0 Å². The molecule has 0 saturated heterocycles. The van der Waals surface area contributed by atoms with Crippen LogP contribution in [0.3, 0.4) is 0 Å². The Kier molecular flexibility index (Phi) is 41.9. The summed E-state index contributed by atoms with van der Waals surface area (Å²) in [5.41, 5.74) is 0. The van der Waals surface area contributed by atoms with Gasteiger partial charge in [-0.05, 0) is 83.5 Å². The highest BCUT2D eigenvalue weighted by Gasteiger charge is 2.21. The van der Waals surface area contributed by atoms with Crippen LogP contribution in [-0.4, -0.2) is 70.0 Å². The number of allylic oxidation sites excluding steroid dienone is 12. The van der Waals surface area contributed by atoms with Crippen molar-refractivity contribution in [3.8, 4) is 0 Å². The third-order valence-corrected chi connectivity index (χ3v) is 11.2. The number of hydrogen-bond donors (Lipinski definition) is 0. The predicted molar refractivity (Wildman–Crippen MR) is 259 cm³/mol. The van der Waals surface area contributed by atoms with Crippen molar-refractivity contribution in [2.24, 2.45) is 0 Å². The van der Waals surface area contributed by atoms with Crippen LogP contribution in [0.1, 0.15) is 194 Å². The van der Waals surface area contributed by atoms with Crippen LogP contribution in [0.4, 0.5) is 0 Å². The molecule has 0 aromatic carbocycles. The molecule has 2 unspecified atom stereocenters. The van der Waals surface area contributed by atoms with Gasteiger partial charge >= 0.3 is 11.9 Å². The molecule has 9 nitrogen and oxygen atoms in total. The molecule has 0 aromatic rings. The van der Waals surface area contributed by atoms with Gasteiger partial charge in [0.05, 0.1) is 27.7 Å². The molecular formula is C52H92NO8P. The molecule has 0 bridgehead atoms. The summed E-state index contributed by atoms with van der Waals surface area (Å²) >= 11 is 0. The summed E-state index contributed by atoms with van der Waals surface area (Å²) in [6.07, 6.45) is 54.9. The molecule has 0 spiro atoms. The number of phosphoric acid groups is 1. The lowest BCUT2D eigenvalue weighted by Gasteiger charge is -2.28. The Morgan fingerprint density at radius 3 is 1.39 bits per heavy atom. The van der Waals surface area contributed by atoms with E-state index in [1.165, 1.54) is 64.2 Å². The fraction of sp³-hybridized carbons (Fsp3) is 0.731. The van der Waals surface area contributed by atoms with Crippen LogP contribution in [-0.2, 0) is 32.7 Å². The van der Waals surface area contributed by atoms with Crippen LogP contribution in [0.2, 0.25) is 0 Å². The molecule has 0 amide bonds. The Morgan fingerprint density at radius 1 is 0.516 bits per heavy atom. The topological polar surface area (TPSA) is 111 Å². The molecule has 0 rings (SSSR count). The summed E-state index contributed by atoms with van der Waals surface area (Å²) in [7, 11) is 1.14. The second kappa shape index (κ2) is 43.7. The maximum atomic E-state index is 12.7. The van der Waals surface area contributed by atoms with Gasteiger partial charge < -0.3 is 27.9 Å². The lowest BCUT2D eigenvalue weighted by Crippen LogP contribution is -2.37. The molecule has 0 aliphatic rings. The predicted octanol–water partition coefficient (Wildman–Crippen LogP) is 13.9. The molecule has 0 aliphatic heterocycles. The van der Waals surface area contributed by atoms with Crippen LogP contribution < -0.4 is 4.89 Å². The SMILES string of the molecule is CC/C=C\C/C=C\C/C=C\C/C=C\C/C=C\CCCCCCCC(=O)OC(COC(=O)CCCCCCCCC/C=C\CCCCCCCC)COP(=O)([O-])OCC[N+](C)(C)C. The van der Waals surface area contributed by atoms with Gasteiger partial charge in [-0.3, -0.25) is 14.2 Å². The van der Waals surface area contributed by atoms with Gasteiger partial charge in [0.25, 0.3) is 7.82 Å². The number of nitrogens with zero attached hydrogens (tertiary/aromatic N) is 1. The van der Waals surface area contributed by atoms with Gasteiger partial charge in [-0.1, -0.05) is 170 Å². The van der Waals surface area contributed by atoms with E-state index < -0.39 is 32.5 Å². The second-order valence-corrected chi connectivity index (χ2v) is 18.9. The van der Waals surface area contributed by atoms with Crippen molar-refractivity contribution in [1.82, 2.24) is 0 Å². The zero-order valence-corrected chi connectivity index (χ0v) is 41.2. The highest BCUT2D eigenvalue weighted by Crippen LogP contribution is 2.38. The number of carbonyl (C=O) groups excluding carboxylic acids is 2. The minimum absolute atomic E-state index is 0.0390. The van der Waals surface area contributed by atoms with Crippen LogP contribution in [0.25, 0.3) is 0 Å². The van der Waals surface area contributed by atoms with Gasteiger partial charge in [0.15, 0.2) is 6.10 Å². The zero-order chi connectivity index (χ0) is 45.7. The molecule has 0 aromatic heterocycles. The van der Waals surface area contributed by atoms with E-state index in [9.17, 15) is 19.0 Å². The van der Waals surface area contributed by atoms with Crippen LogP contribution in [0.15, 0.2) is 72.9 Å². The lowest BCUT2D eigenvalue weighted by atomic mass is 10.1. The number of quaternary nitrogens is 1. The van der Waals surface area contributed by atoms with Crippen molar-refractivity contribution in [3.63, 3.8) is 0 Å². The lowest BCUT2D eigenvalue weighted by molar-refractivity contribution is -0.870. The average molecular weight is 890 g/mol. The maximum absolute atomic E-state index is 12.7. The fourth-order valence-corrected chi connectivity index (χ4v) is 7.11. The molecule has 2 atom stereocenters. The molecule has 0 N–H and O–H groups in total. The van der Waals surface area contributed by atoms with Gasteiger partial charge in [-0.2, -0.15) is 0 Å². The number of ether oxygens (including phenoxy) is 2. The summed E-state index contributed by atoms with van der Waals surface area (Å²) in [6, 6.07) is 0. The first-order valence-electron chi connectivity index (χ1n) is 24.6. The summed E-state index contributed by atoms with van der Waals surface area (Å²) < 4.78 is 34.0. The molecule has 0 heterocycles. The van der Waals surface area contributed by atoms with Crippen molar-refractivity contribution < 1.29 is 42.1 Å². The Morgan fingerprint density at radius 2 is 0.919 bits per heavy atom. The number of carbonyl (C=O) groups is 2. The summed E-state index contributed by atoms with van der Waals surface area (Å²) in [5.74, 6) is -0.864. The standard InChI is InChI=1S/C52H92NO8P/c1-6-8-10-12-14-16-18-20-22-24-25-26-27-29-31-33-35-37-39-41-43-45-52(55)61-50(49-60-62(56,57)59-47-46-53(3,4)5)48-58-51(54)44-42-40-38-36-34-32-30-28-23-21-19-17-15-13-11-9-7-2/h8,10,14,16,20-23,25-26,29,31,50H,6-7,9,11-13,15,17-19,24,27-28,30,32-49H2,1-5H3/b10-8-,16-14-,22-20-,23-21-,26-25-,31-29-. The van der Waals surface area contributed by atoms with Crippen molar-refractivity contribution in [3.05, 3.63) is 72.9 Å². The Labute approximate surface area is 380 Å². The first-order valence-corrected chi connectivity index (χ1v) is 26.1. The Hall–Kier alpha value is -2.55. The van der Waals surface area contributed by atoms with Gasteiger partial charge in [0.2, 0.25) is 0 Å². The van der Waals surface area contributed by atoms with Gasteiger partial charge in [-0.15, -0.1) is 0 Å². The highest BCUT2D eigenvalue weighted by molar-refractivity contribution is 7.45. The van der Waals surface area contributed by atoms with Gasteiger partial charge in [0.1, 0.15) is 19.8 Å². The van der Waals surface area contributed by atoms with E-state index in [4.69, 9.17) is 18.5 Å². The maximum Gasteiger partial charge on any atom is 0.306 e. The van der Waals surface area contributed by atoms with E-state index >= 15 is 0 Å². The molecule has 0 saturated carbocycles. The molecule has 0 aliphatic carbocycles. The number of unbranched alkanes of at least 4 members (excludes halogenated alkanes) is 18. The number of likely N-dealkylation sites (N-methyl/N-ethyl adjacent to an activating group) is 1. The molecule has 0 fully saturated rings. The van der Waals surface area contributed by atoms with Crippen molar-refractivity contribution in [2.75, 3.05) is 47.5 Å². The van der Waals surface area contributed by atoms with Crippen LogP contribution in [0.5, 0.6) is 0 Å². The first-order chi connectivity index (χ1) is 30.0. The third-order valence-electron chi connectivity index (χ3n) is 10.2. The molecule has 358 valence electrons. The third kappa shape index (κ3) is 46.9. The van der Waals surface area contributed by atoms with Gasteiger partial charge in [-0.25, -0.2) is 0 Å². The number of rotatable bonds is 44. The van der Waals surface area contributed by atoms with E-state index in [0.717, 1.165) is 96.3 Å². The first kappa shape index (κ1) is 59.5. The zero-order valence-electron chi connectivity index (χ0n) is 40.3. The number of phosphoric ester groups is 1. The Bertz CT molecular complexity index is 1280. The van der Waals surface area contributed by atoms with Crippen LogP contribution in [0, 0.1) is 0 Å². The van der Waals surface area contributed by atoms with Crippen LogP contribution >= 0.6 is 7.82 Å². The minimum atomic E-state index is -4.64. The summed E-state index contributed by atoms with van der Waals surface area (Å²) in [6.45, 7) is 4.08.